The first-order chi connectivity index (χ1) is 7.22. The summed E-state index contributed by atoms with van der Waals surface area (Å²) in [7, 11) is 0. The number of nitrogens with two attached hydrogens (primary N) is 1. The zero-order valence-electron chi connectivity index (χ0n) is 8.61. The summed E-state index contributed by atoms with van der Waals surface area (Å²) in [6.07, 6.45) is 0. The minimum absolute atomic E-state index is 0.684. The van der Waals surface area contributed by atoms with E-state index in [0.717, 1.165) is 16.8 Å². The lowest BCUT2D eigenvalue weighted by Gasteiger charge is -2.08. The number of hydrogen-bond acceptors (Lipinski definition) is 5. The van der Waals surface area contributed by atoms with Crippen LogP contribution in [0.2, 0.25) is 0 Å². The van der Waals surface area contributed by atoms with Crippen molar-refractivity contribution >= 4 is 17.2 Å². The molecule has 0 aliphatic heterocycles. The molecule has 3 N–H and O–H groups in total. The lowest BCUT2D eigenvalue weighted by molar-refractivity contribution is 1.06. The van der Waals surface area contributed by atoms with Crippen molar-refractivity contribution in [1.82, 2.24) is 9.97 Å². The smallest absolute Gasteiger partial charge is 0.162 e. The van der Waals surface area contributed by atoms with Crippen molar-refractivity contribution < 1.29 is 0 Å². The Morgan fingerprint density at radius 2 is 2.13 bits per heavy atom. The first-order valence-corrected chi connectivity index (χ1v) is 5.51. The Labute approximate surface area is 92.2 Å². The van der Waals surface area contributed by atoms with E-state index in [0.29, 0.717) is 11.6 Å². The van der Waals surface area contributed by atoms with E-state index in [1.165, 1.54) is 0 Å². The summed E-state index contributed by atoms with van der Waals surface area (Å²) in [6.45, 7) is 3.90. The van der Waals surface area contributed by atoms with Crippen LogP contribution in [0.5, 0.6) is 0 Å². The van der Waals surface area contributed by atoms with Gasteiger partial charge in [-0.3, -0.25) is 0 Å². The molecule has 0 radical (unpaired) electrons. The molecule has 2 aromatic rings. The van der Waals surface area contributed by atoms with E-state index in [-0.39, 0.29) is 0 Å². The summed E-state index contributed by atoms with van der Waals surface area (Å²) in [5.41, 5.74) is 5.54. The molecule has 0 saturated heterocycles. The first-order valence-electron chi connectivity index (χ1n) is 4.57. The minimum atomic E-state index is 0.684. The lowest BCUT2D eigenvalue weighted by Crippen LogP contribution is -2.12. The monoisotopic (exact) mass is 220 g/mol. The highest BCUT2D eigenvalue weighted by atomic mass is 32.1. The molecule has 4 nitrogen and oxygen atoms in total. The molecule has 0 saturated carbocycles. The summed E-state index contributed by atoms with van der Waals surface area (Å²) in [6, 6.07) is 2.00. The van der Waals surface area contributed by atoms with Crippen LogP contribution in [0, 0.1) is 13.8 Å². The van der Waals surface area contributed by atoms with Crippen LogP contribution < -0.4 is 11.3 Å². The maximum atomic E-state index is 5.40. The van der Waals surface area contributed by atoms with Crippen molar-refractivity contribution in [3.8, 4) is 11.4 Å². The van der Waals surface area contributed by atoms with Crippen LogP contribution in [0.25, 0.3) is 11.4 Å². The number of thiophene rings is 1. The Bertz CT molecular complexity index is 465. The molecule has 5 heteroatoms. The fraction of sp³-hybridized carbons (Fsp3) is 0.200. The molecule has 2 heterocycles. The summed E-state index contributed by atoms with van der Waals surface area (Å²) in [5.74, 6) is 6.80. The van der Waals surface area contributed by atoms with Crippen LogP contribution in [0.1, 0.15) is 11.3 Å². The number of nitrogens with zero attached hydrogens (tertiary/aromatic N) is 2. The molecule has 0 aliphatic rings. The number of anilines is 1. The van der Waals surface area contributed by atoms with Crippen molar-refractivity contribution in [3.05, 3.63) is 28.1 Å². The summed E-state index contributed by atoms with van der Waals surface area (Å²) in [5, 5.41) is 4.02. The van der Waals surface area contributed by atoms with Gasteiger partial charge in [0.05, 0.1) is 0 Å². The van der Waals surface area contributed by atoms with Crippen LogP contribution in [0.4, 0.5) is 5.82 Å². The molecule has 2 aromatic heterocycles. The fourth-order valence-electron chi connectivity index (χ4n) is 1.29. The maximum Gasteiger partial charge on any atom is 0.162 e. The third-order valence-electron chi connectivity index (χ3n) is 2.31. The van der Waals surface area contributed by atoms with Crippen molar-refractivity contribution in [1.29, 1.82) is 0 Å². The standard InChI is InChI=1S/C10H12N4S/c1-6-7(2)12-10(13-9(6)14-11)8-3-4-15-5-8/h3-5H,11H2,1-2H3,(H,12,13,14). The number of rotatable bonds is 2. The van der Waals surface area contributed by atoms with Gasteiger partial charge < -0.3 is 5.43 Å². The molecule has 0 aromatic carbocycles. The van der Waals surface area contributed by atoms with Gasteiger partial charge in [-0.2, -0.15) is 11.3 Å². The van der Waals surface area contributed by atoms with E-state index < -0.39 is 0 Å². The highest BCUT2D eigenvalue weighted by Gasteiger charge is 2.08. The van der Waals surface area contributed by atoms with E-state index in [1.807, 2.05) is 30.7 Å². The van der Waals surface area contributed by atoms with Gasteiger partial charge >= 0.3 is 0 Å². The molecule has 78 valence electrons. The third kappa shape index (κ3) is 1.84. The van der Waals surface area contributed by atoms with Gasteiger partial charge in [-0.1, -0.05) is 0 Å². The van der Waals surface area contributed by atoms with Crippen LogP contribution in [0.15, 0.2) is 16.8 Å². The normalized spacial score (nSPS) is 10.3. The Morgan fingerprint density at radius 1 is 1.33 bits per heavy atom. The molecular formula is C10H12N4S. The second kappa shape index (κ2) is 3.96. The minimum Gasteiger partial charge on any atom is -0.308 e. The van der Waals surface area contributed by atoms with Gasteiger partial charge in [0.1, 0.15) is 5.82 Å². The number of aromatic nitrogens is 2. The second-order valence-corrected chi connectivity index (χ2v) is 4.04. The average molecular weight is 220 g/mol. The van der Waals surface area contributed by atoms with Gasteiger partial charge in [0.15, 0.2) is 5.82 Å². The molecule has 0 fully saturated rings. The highest BCUT2D eigenvalue weighted by molar-refractivity contribution is 7.08. The van der Waals surface area contributed by atoms with Crippen LogP contribution in [-0.2, 0) is 0 Å². The second-order valence-electron chi connectivity index (χ2n) is 3.26. The maximum absolute atomic E-state index is 5.40. The van der Waals surface area contributed by atoms with Gasteiger partial charge in [0, 0.05) is 22.2 Å². The van der Waals surface area contributed by atoms with Gasteiger partial charge in [0.2, 0.25) is 0 Å². The van der Waals surface area contributed by atoms with Crippen LogP contribution in [0.3, 0.4) is 0 Å². The average Bonchev–Trinajstić information content (AvgIpc) is 2.75. The SMILES string of the molecule is Cc1nc(-c2ccsc2)nc(NN)c1C. The molecule has 0 spiro atoms. The molecular weight excluding hydrogens is 208 g/mol. The van der Waals surface area contributed by atoms with Crippen molar-refractivity contribution in [2.24, 2.45) is 5.84 Å². The van der Waals surface area contributed by atoms with E-state index in [4.69, 9.17) is 5.84 Å². The Kier molecular flexibility index (Phi) is 2.66. The molecule has 0 unspecified atom stereocenters. The first kappa shape index (κ1) is 10.1. The quantitative estimate of drug-likeness (QED) is 0.601. The zero-order valence-corrected chi connectivity index (χ0v) is 9.43. The number of hydrazine groups is 1. The van der Waals surface area contributed by atoms with E-state index >= 15 is 0 Å². The topological polar surface area (TPSA) is 63.8 Å². The van der Waals surface area contributed by atoms with Gasteiger partial charge in [-0.15, -0.1) is 0 Å². The third-order valence-corrected chi connectivity index (χ3v) is 2.99. The van der Waals surface area contributed by atoms with Gasteiger partial charge in [-0.25, -0.2) is 15.8 Å². The highest BCUT2D eigenvalue weighted by Crippen LogP contribution is 2.22. The molecule has 0 bridgehead atoms. The number of aryl methyl sites for hydroxylation is 1. The predicted molar refractivity (Wildman–Crippen MR) is 62.6 cm³/mol. The summed E-state index contributed by atoms with van der Waals surface area (Å²) >= 11 is 1.63. The largest absolute Gasteiger partial charge is 0.308 e. The van der Waals surface area contributed by atoms with Crippen molar-refractivity contribution in [3.63, 3.8) is 0 Å². The van der Waals surface area contributed by atoms with Gasteiger partial charge in [-0.05, 0) is 25.3 Å². The summed E-state index contributed by atoms with van der Waals surface area (Å²) in [4.78, 5) is 8.78. The van der Waals surface area contributed by atoms with E-state index in [9.17, 15) is 0 Å². The molecule has 2 rings (SSSR count). The predicted octanol–water partition coefficient (Wildman–Crippen LogP) is 2.11. The Hall–Kier alpha value is -1.46. The van der Waals surface area contributed by atoms with Crippen LogP contribution >= 0.6 is 11.3 Å². The van der Waals surface area contributed by atoms with Crippen LogP contribution in [-0.4, -0.2) is 9.97 Å². The molecule has 15 heavy (non-hydrogen) atoms. The fourth-order valence-corrected chi connectivity index (χ4v) is 1.92. The molecule has 0 atom stereocenters. The van der Waals surface area contributed by atoms with Crippen molar-refractivity contribution in [2.75, 3.05) is 5.43 Å². The Morgan fingerprint density at radius 3 is 2.73 bits per heavy atom. The molecule has 0 aliphatic carbocycles. The number of nitrogens with one attached hydrogen (secondary N) is 1. The van der Waals surface area contributed by atoms with Gasteiger partial charge in [0.25, 0.3) is 0 Å². The zero-order chi connectivity index (χ0) is 10.8. The molecule has 0 amide bonds. The Balaban J connectivity index is 2.55. The number of hydrogen-bond donors (Lipinski definition) is 2. The van der Waals surface area contributed by atoms with E-state index in [2.05, 4.69) is 15.4 Å². The van der Waals surface area contributed by atoms with E-state index in [1.54, 1.807) is 11.3 Å². The summed E-state index contributed by atoms with van der Waals surface area (Å²) < 4.78 is 0. The lowest BCUT2D eigenvalue weighted by atomic mass is 10.2. The number of nitrogen functional groups attached to an aromatic ring is 1. The van der Waals surface area contributed by atoms with Crippen molar-refractivity contribution in [2.45, 2.75) is 13.8 Å².